The quantitative estimate of drug-likeness (QED) is 0.645. The number of fused-ring (bicyclic) bond motifs is 1. The highest BCUT2D eigenvalue weighted by molar-refractivity contribution is 6.21. The summed E-state index contributed by atoms with van der Waals surface area (Å²) in [4.78, 5) is 22.7. The Bertz CT molecular complexity index is 480. The SMILES string of the molecule is O=C1NC(=O)c2cc(C=CCCCl)ccc21. The normalized spacial score (nSPS) is 14.3. The second-order valence-electron chi connectivity index (χ2n) is 3.47. The molecular weight excluding hydrogens is 226 g/mol. The van der Waals surface area contributed by atoms with Gasteiger partial charge in [0.05, 0.1) is 11.1 Å². The molecule has 0 fully saturated rings. The molecule has 0 bridgehead atoms. The molecule has 1 heterocycles. The second kappa shape index (κ2) is 4.49. The Morgan fingerprint density at radius 2 is 1.94 bits per heavy atom. The van der Waals surface area contributed by atoms with Crippen molar-refractivity contribution in [1.29, 1.82) is 0 Å². The molecule has 2 amide bonds. The molecule has 0 saturated heterocycles. The standard InChI is InChI=1S/C12H10ClNO2/c13-6-2-1-3-8-4-5-9-10(7-8)12(16)14-11(9)15/h1,3-5,7H,2,6H2,(H,14,15,16). The van der Waals surface area contributed by atoms with Crippen LogP contribution in [0, 0.1) is 0 Å². The summed E-state index contributed by atoms with van der Waals surface area (Å²) >= 11 is 5.54. The Hall–Kier alpha value is -1.61. The molecule has 1 aliphatic rings. The Morgan fingerprint density at radius 3 is 2.69 bits per heavy atom. The van der Waals surface area contributed by atoms with Crippen molar-refractivity contribution in [2.24, 2.45) is 0 Å². The monoisotopic (exact) mass is 235 g/mol. The zero-order valence-corrected chi connectivity index (χ0v) is 9.25. The molecule has 4 heteroatoms. The largest absolute Gasteiger partial charge is 0.288 e. The van der Waals surface area contributed by atoms with Gasteiger partial charge in [-0.05, 0) is 24.1 Å². The van der Waals surface area contributed by atoms with E-state index in [1.807, 2.05) is 18.2 Å². The van der Waals surface area contributed by atoms with Crippen molar-refractivity contribution in [3.05, 3.63) is 41.0 Å². The third-order valence-corrected chi connectivity index (χ3v) is 2.56. The number of nitrogens with one attached hydrogen (secondary N) is 1. The molecule has 2 rings (SSSR count). The number of halogens is 1. The van der Waals surface area contributed by atoms with Gasteiger partial charge < -0.3 is 0 Å². The number of hydrogen-bond donors (Lipinski definition) is 1. The average molecular weight is 236 g/mol. The lowest BCUT2D eigenvalue weighted by Gasteiger charge is -1.96. The molecule has 1 aromatic rings. The van der Waals surface area contributed by atoms with E-state index in [-0.39, 0.29) is 11.8 Å². The smallest absolute Gasteiger partial charge is 0.258 e. The van der Waals surface area contributed by atoms with Crippen LogP contribution in [0.2, 0.25) is 0 Å². The molecule has 0 aliphatic carbocycles. The summed E-state index contributed by atoms with van der Waals surface area (Å²) in [6.45, 7) is 0. The molecule has 1 N–H and O–H groups in total. The molecule has 0 aromatic heterocycles. The first-order valence-corrected chi connectivity index (χ1v) is 5.48. The minimum atomic E-state index is -0.326. The van der Waals surface area contributed by atoms with Crippen molar-refractivity contribution in [3.63, 3.8) is 0 Å². The van der Waals surface area contributed by atoms with Gasteiger partial charge in [0.15, 0.2) is 0 Å². The van der Waals surface area contributed by atoms with Crippen LogP contribution in [-0.4, -0.2) is 17.7 Å². The van der Waals surface area contributed by atoms with E-state index in [4.69, 9.17) is 11.6 Å². The van der Waals surface area contributed by atoms with Crippen molar-refractivity contribution in [3.8, 4) is 0 Å². The zero-order chi connectivity index (χ0) is 11.5. The van der Waals surface area contributed by atoms with Crippen LogP contribution in [0.3, 0.4) is 0 Å². The van der Waals surface area contributed by atoms with Crippen LogP contribution in [-0.2, 0) is 0 Å². The molecule has 0 atom stereocenters. The first kappa shape index (κ1) is 10.9. The number of allylic oxidation sites excluding steroid dienone is 1. The maximum Gasteiger partial charge on any atom is 0.258 e. The highest BCUT2D eigenvalue weighted by atomic mass is 35.5. The van der Waals surface area contributed by atoms with Gasteiger partial charge in [-0.3, -0.25) is 14.9 Å². The third-order valence-electron chi connectivity index (χ3n) is 2.35. The molecule has 16 heavy (non-hydrogen) atoms. The van der Waals surface area contributed by atoms with Crippen molar-refractivity contribution in [2.75, 3.05) is 5.88 Å². The molecule has 0 saturated carbocycles. The number of carbonyl (C=O) groups is 2. The van der Waals surface area contributed by atoms with E-state index in [1.54, 1.807) is 12.1 Å². The maximum atomic E-state index is 11.4. The Labute approximate surface area is 98.1 Å². The molecule has 1 aliphatic heterocycles. The van der Waals surface area contributed by atoms with Gasteiger partial charge in [0.25, 0.3) is 11.8 Å². The Morgan fingerprint density at radius 1 is 1.19 bits per heavy atom. The maximum absolute atomic E-state index is 11.4. The van der Waals surface area contributed by atoms with Crippen LogP contribution in [0.4, 0.5) is 0 Å². The summed E-state index contributed by atoms with van der Waals surface area (Å²) in [5.74, 6) is -0.0793. The molecule has 1 aromatic carbocycles. The fraction of sp³-hybridized carbons (Fsp3) is 0.167. The number of alkyl halides is 1. The molecule has 0 unspecified atom stereocenters. The van der Waals surface area contributed by atoms with Gasteiger partial charge >= 0.3 is 0 Å². The summed E-state index contributed by atoms with van der Waals surface area (Å²) in [6.07, 6.45) is 4.60. The van der Waals surface area contributed by atoms with Gasteiger partial charge in [0, 0.05) is 5.88 Å². The van der Waals surface area contributed by atoms with E-state index in [1.165, 1.54) is 0 Å². The van der Waals surface area contributed by atoms with Gasteiger partial charge in [-0.15, -0.1) is 11.6 Å². The minimum absolute atomic E-state index is 0.323. The molecule has 0 radical (unpaired) electrons. The van der Waals surface area contributed by atoms with E-state index in [0.29, 0.717) is 17.0 Å². The number of hydrogen-bond acceptors (Lipinski definition) is 2. The van der Waals surface area contributed by atoms with E-state index in [2.05, 4.69) is 5.32 Å². The first-order valence-electron chi connectivity index (χ1n) is 4.94. The summed E-state index contributed by atoms with van der Waals surface area (Å²) in [6, 6.07) is 5.18. The number of rotatable bonds is 3. The van der Waals surface area contributed by atoms with Crippen LogP contribution in [0.15, 0.2) is 24.3 Å². The average Bonchev–Trinajstić information content (AvgIpc) is 2.55. The molecule has 82 valence electrons. The Kier molecular flexibility index (Phi) is 3.06. The van der Waals surface area contributed by atoms with Crippen molar-refractivity contribution in [2.45, 2.75) is 6.42 Å². The van der Waals surface area contributed by atoms with Gasteiger partial charge in [-0.2, -0.15) is 0 Å². The van der Waals surface area contributed by atoms with Crippen LogP contribution in [0.1, 0.15) is 32.7 Å². The van der Waals surface area contributed by atoms with Crippen molar-refractivity contribution < 1.29 is 9.59 Å². The number of amides is 2. The summed E-state index contributed by atoms with van der Waals surface area (Å²) in [7, 11) is 0. The van der Waals surface area contributed by atoms with Crippen LogP contribution >= 0.6 is 11.6 Å². The van der Waals surface area contributed by atoms with E-state index >= 15 is 0 Å². The van der Waals surface area contributed by atoms with Gasteiger partial charge in [0.1, 0.15) is 0 Å². The van der Waals surface area contributed by atoms with E-state index in [0.717, 1.165) is 12.0 Å². The van der Waals surface area contributed by atoms with Crippen molar-refractivity contribution >= 4 is 29.5 Å². The lowest BCUT2D eigenvalue weighted by atomic mass is 10.1. The van der Waals surface area contributed by atoms with E-state index in [9.17, 15) is 9.59 Å². The number of benzene rings is 1. The Balaban J connectivity index is 2.30. The summed E-state index contributed by atoms with van der Waals surface area (Å²) < 4.78 is 0. The van der Waals surface area contributed by atoms with Gasteiger partial charge in [-0.1, -0.05) is 18.2 Å². The molecule has 3 nitrogen and oxygen atoms in total. The lowest BCUT2D eigenvalue weighted by Crippen LogP contribution is -2.19. The minimum Gasteiger partial charge on any atom is -0.288 e. The highest BCUT2D eigenvalue weighted by Crippen LogP contribution is 2.18. The predicted molar refractivity (Wildman–Crippen MR) is 62.6 cm³/mol. The van der Waals surface area contributed by atoms with Crippen LogP contribution in [0.25, 0.3) is 6.08 Å². The second-order valence-corrected chi connectivity index (χ2v) is 3.85. The topological polar surface area (TPSA) is 46.2 Å². The van der Waals surface area contributed by atoms with Crippen LogP contribution in [0.5, 0.6) is 0 Å². The number of imide groups is 1. The van der Waals surface area contributed by atoms with Crippen molar-refractivity contribution in [1.82, 2.24) is 5.32 Å². The fourth-order valence-electron chi connectivity index (χ4n) is 1.57. The zero-order valence-electron chi connectivity index (χ0n) is 8.50. The summed E-state index contributed by atoms with van der Waals surface area (Å²) in [5.41, 5.74) is 1.78. The van der Waals surface area contributed by atoms with E-state index < -0.39 is 0 Å². The fourth-order valence-corrected chi connectivity index (χ4v) is 1.70. The summed E-state index contributed by atoms with van der Waals surface area (Å²) in [5, 5.41) is 2.25. The third kappa shape index (κ3) is 1.99. The van der Waals surface area contributed by atoms with Crippen LogP contribution < -0.4 is 5.32 Å². The highest BCUT2D eigenvalue weighted by Gasteiger charge is 2.26. The molecular formula is C12H10ClNO2. The molecule has 0 spiro atoms. The van der Waals surface area contributed by atoms with Gasteiger partial charge in [0.2, 0.25) is 0 Å². The van der Waals surface area contributed by atoms with Gasteiger partial charge in [-0.25, -0.2) is 0 Å². The first-order chi connectivity index (χ1) is 7.72. The lowest BCUT2D eigenvalue weighted by molar-refractivity contribution is 0.0879. The predicted octanol–water partition coefficient (Wildman–Crippen LogP) is 2.21. The number of carbonyl (C=O) groups excluding carboxylic acids is 2.